The Morgan fingerprint density at radius 3 is 2.22 bits per heavy atom. The standard InChI is InChI=1S/C19H26N2O2/c1-4-22-18-10-8-16(9-11-18)20-12-13-21-17-6-5-7-19(14-17)23-15(2)3/h5-11,14-15,20-21H,4,12-13H2,1-3H3. The average Bonchev–Trinajstić information content (AvgIpc) is 2.53. The van der Waals surface area contributed by atoms with E-state index in [2.05, 4.69) is 10.6 Å². The molecule has 0 saturated carbocycles. The van der Waals surface area contributed by atoms with Crippen LogP contribution in [0.1, 0.15) is 20.8 Å². The van der Waals surface area contributed by atoms with Crippen LogP contribution in [0.5, 0.6) is 11.5 Å². The van der Waals surface area contributed by atoms with E-state index in [-0.39, 0.29) is 6.10 Å². The van der Waals surface area contributed by atoms with Gasteiger partial charge in [-0.25, -0.2) is 0 Å². The van der Waals surface area contributed by atoms with Crippen LogP contribution in [-0.4, -0.2) is 25.8 Å². The van der Waals surface area contributed by atoms with Crippen molar-refractivity contribution in [3.8, 4) is 11.5 Å². The fraction of sp³-hybridized carbons (Fsp3) is 0.368. The zero-order valence-electron chi connectivity index (χ0n) is 14.1. The Balaban J connectivity index is 1.74. The second kappa shape index (κ2) is 8.93. The van der Waals surface area contributed by atoms with Crippen LogP contribution < -0.4 is 20.1 Å². The summed E-state index contributed by atoms with van der Waals surface area (Å²) in [4.78, 5) is 0. The summed E-state index contributed by atoms with van der Waals surface area (Å²) in [6, 6.07) is 16.1. The molecule has 0 heterocycles. The van der Waals surface area contributed by atoms with Gasteiger partial charge in [0.15, 0.2) is 0 Å². The van der Waals surface area contributed by atoms with Gasteiger partial charge in [-0.1, -0.05) is 6.07 Å². The van der Waals surface area contributed by atoms with E-state index in [4.69, 9.17) is 9.47 Å². The molecule has 0 radical (unpaired) electrons. The molecule has 4 nitrogen and oxygen atoms in total. The molecule has 2 aromatic carbocycles. The topological polar surface area (TPSA) is 42.5 Å². The highest BCUT2D eigenvalue weighted by molar-refractivity contribution is 5.49. The van der Waals surface area contributed by atoms with Gasteiger partial charge in [0.25, 0.3) is 0 Å². The number of hydrogen-bond acceptors (Lipinski definition) is 4. The summed E-state index contributed by atoms with van der Waals surface area (Å²) in [5.41, 5.74) is 2.16. The minimum Gasteiger partial charge on any atom is -0.494 e. The van der Waals surface area contributed by atoms with Gasteiger partial charge in [-0.2, -0.15) is 0 Å². The molecule has 0 fully saturated rings. The van der Waals surface area contributed by atoms with E-state index in [1.165, 1.54) is 0 Å². The third-order valence-corrected chi connectivity index (χ3v) is 3.15. The van der Waals surface area contributed by atoms with Gasteiger partial charge >= 0.3 is 0 Å². The monoisotopic (exact) mass is 314 g/mol. The maximum atomic E-state index is 5.69. The summed E-state index contributed by atoms with van der Waals surface area (Å²) in [5, 5.41) is 6.77. The Bertz CT molecular complexity index is 582. The van der Waals surface area contributed by atoms with Gasteiger partial charge in [-0.15, -0.1) is 0 Å². The highest BCUT2D eigenvalue weighted by Gasteiger charge is 1.99. The average molecular weight is 314 g/mol. The quantitative estimate of drug-likeness (QED) is 0.673. The number of rotatable bonds is 9. The van der Waals surface area contributed by atoms with E-state index in [1.54, 1.807) is 0 Å². The van der Waals surface area contributed by atoms with Crippen molar-refractivity contribution in [1.82, 2.24) is 0 Å². The molecule has 2 N–H and O–H groups in total. The Hall–Kier alpha value is -2.36. The number of anilines is 2. The normalized spacial score (nSPS) is 10.4. The predicted octanol–water partition coefficient (Wildman–Crippen LogP) is 4.40. The molecule has 0 saturated heterocycles. The van der Waals surface area contributed by atoms with Crippen molar-refractivity contribution in [2.45, 2.75) is 26.9 Å². The van der Waals surface area contributed by atoms with Crippen LogP contribution in [0.25, 0.3) is 0 Å². The lowest BCUT2D eigenvalue weighted by atomic mass is 10.3. The molecule has 23 heavy (non-hydrogen) atoms. The van der Waals surface area contributed by atoms with E-state index in [9.17, 15) is 0 Å². The molecule has 4 heteroatoms. The molecule has 0 atom stereocenters. The first-order valence-corrected chi connectivity index (χ1v) is 8.14. The minimum absolute atomic E-state index is 0.187. The maximum Gasteiger partial charge on any atom is 0.121 e. The van der Waals surface area contributed by atoms with E-state index >= 15 is 0 Å². The van der Waals surface area contributed by atoms with Crippen LogP contribution >= 0.6 is 0 Å². The molecule has 0 spiro atoms. The first kappa shape index (κ1) is 17.0. The summed E-state index contributed by atoms with van der Waals surface area (Å²) in [7, 11) is 0. The molecule has 2 rings (SSSR count). The van der Waals surface area contributed by atoms with Crippen molar-refractivity contribution in [3.63, 3.8) is 0 Å². The molecule has 124 valence electrons. The van der Waals surface area contributed by atoms with Crippen LogP contribution in [0.2, 0.25) is 0 Å². The fourth-order valence-corrected chi connectivity index (χ4v) is 2.20. The second-order valence-electron chi connectivity index (χ2n) is 5.51. The van der Waals surface area contributed by atoms with Gasteiger partial charge in [-0.05, 0) is 57.2 Å². The van der Waals surface area contributed by atoms with Gasteiger partial charge in [-0.3, -0.25) is 0 Å². The number of hydrogen-bond donors (Lipinski definition) is 2. The smallest absolute Gasteiger partial charge is 0.121 e. The molecule has 0 aliphatic rings. The molecular formula is C19H26N2O2. The van der Waals surface area contributed by atoms with E-state index in [0.29, 0.717) is 6.61 Å². The number of ether oxygens (including phenoxy) is 2. The Morgan fingerprint density at radius 2 is 1.57 bits per heavy atom. The molecule has 0 amide bonds. The third kappa shape index (κ3) is 6.10. The summed E-state index contributed by atoms with van der Waals surface area (Å²) in [5.74, 6) is 1.79. The second-order valence-corrected chi connectivity index (χ2v) is 5.51. The van der Waals surface area contributed by atoms with Gasteiger partial charge in [0.1, 0.15) is 11.5 Å². The Kier molecular flexibility index (Phi) is 6.60. The van der Waals surface area contributed by atoms with E-state index < -0.39 is 0 Å². The lowest BCUT2D eigenvalue weighted by molar-refractivity contribution is 0.242. The van der Waals surface area contributed by atoms with Gasteiger partial charge in [0.2, 0.25) is 0 Å². The lowest BCUT2D eigenvalue weighted by Gasteiger charge is -2.13. The SMILES string of the molecule is CCOc1ccc(NCCNc2cccc(OC(C)C)c2)cc1. The first-order valence-electron chi connectivity index (χ1n) is 8.14. The van der Waals surface area contributed by atoms with E-state index in [1.807, 2.05) is 69.3 Å². The van der Waals surface area contributed by atoms with Crippen molar-refractivity contribution in [2.75, 3.05) is 30.3 Å². The van der Waals surface area contributed by atoms with Crippen LogP contribution in [0.15, 0.2) is 48.5 Å². The summed E-state index contributed by atoms with van der Waals surface area (Å²) >= 11 is 0. The molecule has 0 aliphatic heterocycles. The lowest BCUT2D eigenvalue weighted by Crippen LogP contribution is -2.13. The molecule has 0 aromatic heterocycles. The first-order chi connectivity index (χ1) is 11.2. The Morgan fingerprint density at radius 1 is 0.870 bits per heavy atom. The van der Waals surface area contributed by atoms with Crippen molar-refractivity contribution < 1.29 is 9.47 Å². The van der Waals surface area contributed by atoms with Crippen LogP contribution in [-0.2, 0) is 0 Å². The molecular weight excluding hydrogens is 288 g/mol. The number of nitrogens with one attached hydrogen (secondary N) is 2. The minimum atomic E-state index is 0.187. The van der Waals surface area contributed by atoms with Crippen molar-refractivity contribution >= 4 is 11.4 Å². The van der Waals surface area contributed by atoms with Gasteiger partial charge < -0.3 is 20.1 Å². The predicted molar refractivity (Wildman–Crippen MR) is 96.8 cm³/mol. The summed E-state index contributed by atoms with van der Waals surface area (Å²) < 4.78 is 11.1. The van der Waals surface area contributed by atoms with E-state index in [0.717, 1.165) is 36.0 Å². The highest BCUT2D eigenvalue weighted by Crippen LogP contribution is 2.18. The highest BCUT2D eigenvalue weighted by atomic mass is 16.5. The summed E-state index contributed by atoms with van der Waals surface area (Å²) in [6.45, 7) is 8.40. The zero-order chi connectivity index (χ0) is 16.5. The maximum absolute atomic E-state index is 5.69. The van der Waals surface area contributed by atoms with Crippen LogP contribution in [0.3, 0.4) is 0 Å². The molecule has 0 unspecified atom stereocenters. The number of benzene rings is 2. The molecule has 0 aliphatic carbocycles. The Labute approximate surface area is 138 Å². The zero-order valence-corrected chi connectivity index (χ0v) is 14.1. The fourth-order valence-electron chi connectivity index (χ4n) is 2.20. The molecule has 2 aromatic rings. The summed E-state index contributed by atoms with van der Waals surface area (Å²) in [6.07, 6.45) is 0.187. The van der Waals surface area contributed by atoms with Crippen molar-refractivity contribution in [3.05, 3.63) is 48.5 Å². The van der Waals surface area contributed by atoms with Gasteiger partial charge in [0, 0.05) is 30.5 Å². The van der Waals surface area contributed by atoms with Crippen molar-refractivity contribution in [2.24, 2.45) is 0 Å². The third-order valence-electron chi connectivity index (χ3n) is 3.15. The van der Waals surface area contributed by atoms with Crippen molar-refractivity contribution in [1.29, 1.82) is 0 Å². The molecule has 0 bridgehead atoms. The van der Waals surface area contributed by atoms with Gasteiger partial charge in [0.05, 0.1) is 12.7 Å². The van der Waals surface area contributed by atoms with Crippen LogP contribution in [0, 0.1) is 0 Å². The van der Waals surface area contributed by atoms with Crippen LogP contribution in [0.4, 0.5) is 11.4 Å². The largest absolute Gasteiger partial charge is 0.494 e.